The van der Waals surface area contributed by atoms with Crippen LogP contribution in [0.3, 0.4) is 0 Å². The number of hydrogen-bond donors (Lipinski definition) is 3. The Balaban J connectivity index is 2.54. The summed E-state index contributed by atoms with van der Waals surface area (Å²) < 4.78 is 1.10. The molecule has 0 amide bonds. The molecule has 2 rings (SSSR count). The molecule has 0 fully saturated rings. The molecule has 104 valence electrons. The largest absolute Gasteiger partial charge is 0.478 e. The summed E-state index contributed by atoms with van der Waals surface area (Å²) in [6.45, 7) is -0.0675. The van der Waals surface area contributed by atoms with Gasteiger partial charge in [0.2, 0.25) is 0 Å². The number of aromatic carboxylic acids is 1. The van der Waals surface area contributed by atoms with Crippen molar-refractivity contribution in [2.45, 2.75) is 6.54 Å². The number of nitrogens with one attached hydrogen (secondary N) is 1. The lowest BCUT2D eigenvalue weighted by molar-refractivity contribution is 0.0696. The zero-order chi connectivity index (χ0) is 14.9. The number of carboxylic acid groups (broad SMARTS) is 1. The van der Waals surface area contributed by atoms with Crippen molar-refractivity contribution in [3.63, 3.8) is 0 Å². The molecule has 4 N–H and O–H groups in total. The number of nitrogens with zero attached hydrogens (tertiary/aromatic N) is 1. The molecule has 0 radical (unpaired) electrons. The molecule has 8 heteroatoms. The molecule has 7 nitrogen and oxygen atoms in total. The van der Waals surface area contributed by atoms with Gasteiger partial charge in [-0.1, -0.05) is 23.7 Å². The molecule has 0 aliphatic carbocycles. The lowest BCUT2D eigenvalue weighted by Gasteiger charge is -2.10. The van der Waals surface area contributed by atoms with Crippen LogP contribution in [0.1, 0.15) is 15.9 Å². The molecular weight excluding hydrogens is 286 g/mol. The van der Waals surface area contributed by atoms with Crippen molar-refractivity contribution in [2.24, 2.45) is 0 Å². The van der Waals surface area contributed by atoms with Crippen molar-refractivity contribution in [1.29, 1.82) is 0 Å². The molecule has 0 unspecified atom stereocenters. The quantitative estimate of drug-likeness (QED) is 0.713. The second-order valence-corrected chi connectivity index (χ2v) is 4.46. The maximum atomic E-state index is 11.6. The van der Waals surface area contributed by atoms with Gasteiger partial charge < -0.3 is 10.8 Å². The Labute approximate surface area is 117 Å². The second kappa shape index (κ2) is 5.22. The average Bonchev–Trinajstić information content (AvgIpc) is 2.35. The number of aromatic amines is 1. The van der Waals surface area contributed by atoms with Crippen LogP contribution in [0.2, 0.25) is 5.02 Å². The third kappa shape index (κ3) is 2.57. The van der Waals surface area contributed by atoms with Crippen LogP contribution in [0.15, 0.2) is 34.0 Å². The van der Waals surface area contributed by atoms with Crippen molar-refractivity contribution < 1.29 is 9.90 Å². The Bertz CT molecular complexity index is 794. The van der Waals surface area contributed by atoms with Crippen LogP contribution in [0.25, 0.3) is 0 Å². The van der Waals surface area contributed by atoms with Gasteiger partial charge in [0.25, 0.3) is 5.56 Å². The van der Waals surface area contributed by atoms with E-state index in [1.165, 1.54) is 12.1 Å². The van der Waals surface area contributed by atoms with Crippen molar-refractivity contribution in [1.82, 2.24) is 9.55 Å². The number of halogens is 1. The van der Waals surface area contributed by atoms with E-state index in [-0.39, 0.29) is 22.8 Å². The third-order valence-electron chi connectivity index (χ3n) is 2.70. The van der Waals surface area contributed by atoms with Crippen LogP contribution in [0.5, 0.6) is 0 Å². The predicted molar refractivity (Wildman–Crippen MR) is 73.2 cm³/mol. The predicted octanol–water partition coefficient (Wildman–Crippen LogP) is 0.519. The van der Waals surface area contributed by atoms with Gasteiger partial charge in [-0.2, -0.15) is 0 Å². The zero-order valence-corrected chi connectivity index (χ0v) is 10.8. The van der Waals surface area contributed by atoms with Gasteiger partial charge in [0.05, 0.1) is 12.1 Å². The van der Waals surface area contributed by atoms with Gasteiger partial charge >= 0.3 is 11.7 Å². The maximum Gasteiger partial charge on any atom is 0.338 e. The first-order valence-corrected chi connectivity index (χ1v) is 5.88. The van der Waals surface area contributed by atoms with Crippen molar-refractivity contribution in [3.8, 4) is 0 Å². The topological polar surface area (TPSA) is 118 Å². The third-order valence-corrected chi connectivity index (χ3v) is 2.97. The highest BCUT2D eigenvalue weighted by atomic mass is 35.5. The van der Waals surface area contributed by atoms with Gasteiger partial charge in [-0.15, -0.1) is 0 Å². The minimum absolute atomic E-state index is 0.0675. The molecule has 0 spiro atoms. The summed E-state index contributed by atoms with van der Waals surface area (Å²) in [5.74, 6) is -1.19. The zero-order valence-electron chi connectivity index (χ0n) is 10.1. The van der Waals surface area contributed by atoms with Gasteiger partial charge in [0, 0.05) is 11.9 Å². The molecule has 0 atom stereocenters. The maximum absolute atomic E-state index is 11.6. The molecular formula is C12H10ClN3O4. The molecule has 1 aromatic heterocycles. The van der Waals surface area contributed by atoms with Crippen LogP contribution in [0.4, 0.5) is 5.69 Å². The number of anilines is 1. The molecule has 2 aromatic rings. The first kappa shape index (κ1) is 13.9. The number of hydrogen-bond acceptors (Lipinski definition) is 4. The first-order chi connectivity index (χ1) is 9.40. The number of H-pyrrole nitrogens is 1. The van der Waals surface area contributed by atoms with Crippen molar-refractivity contribution >= 4 is 23.3 Å². The summed E-state index contributed by atoms with van der Waals surface area (Å²) in [6.07, 6.45) is 1.15. The van der Waals surface area contributed by atoms with Gasteiger partial charge in [-0.3, -0.25) is 14.3 Å². The molecule has 1 heterocycles. The van der Waals surface area contributed by atoms with Crippen molar-refractivity contribution in [3.05, 3.63) is 61.4 Å². The Morgan fingerprint density at radius 2 is 2.10 bits per heavy atom. The fraction of sp³-hybridized carbons (Fsp3) is 0.0833. The molecule has 0 aliphatic heterocycles. The van der Waals surface area contributed by atoms with Gasteiger partial charge in [-0.05, 0) is 11.6 Å². The normalized spacial score (nSPS) is 10.4. The number of nitrogen functional groups attached to an aromatic ring is 1. The Morgan fingerprint density at radius 1 is 1.40 bits per heavy atom. The van der Waals surface area contributed by atoms with E-state index >= 15 is 0 Å². The van der Waals surface area contributed by atoms with Crippen LogP contribution in [-0.4, -0.2) is 20.6 Å². The SMILES string of the molecule is Nc1cccc(Cn2cc(Cl)c(=O)[nH]c2=O)c1C(=O)O. The summed E-state index contributed by atoms with van der Waals surface area (Å²) in [6, 6.07) is 4.57. The minimum atomic E-state index is -1.19. The van der Waals surface area contributed by atoms with E-state index in [0.717, 1.165) is 10.8 Å². The Morgan fingerprint density at radius 3 is 2.75 bits per heavy atom. The highest BCUT2D eigenvalue weighted by Gasteiger charge is 2.14. The fourth-order valence-electron chi connectivity index (χ4n) is 1.80. The number of carboxylic acids is 1. The average molecular weight is 296 g/mol. The van der Waals surface area contributed by atoms with E-state index in [9.17, 15) is 14.4 Å². The summed E-state index contributed by atoms with van der Waals surface area (Å²) in [5, 5.41) is 8.98. The van der Waals surface area contributed by atoms with Gasteiger partial charge in [0.15, 0.2) is 0 Å². The van der Waals surface area contributed by atoms with E-state index < -0.39 is 17.2 Å². The van der Waals surface area contributed by atoms with Crippen LogP contribution in [0, 0.1) is 0 Å². The summed E-state index contributed by atoms with van der Waals surface area (Å²) in [5.41, 5.74) is 4.59. The van der Waals surface area contributed by atoms with Crippen molar-refractivity contribution in [2.75, 3.05) is 5.73 Å². The highest BCUT2D eigenvalue weighted by molar-refractivity contribution is 6.30. The van der Waals surface area contributed by atoms with Gasteiger partial charge in [-0.25, -0.2) is 9.59 Å². The van der Waals surface area contributed by atoms with Crippen LogP contribution < -0.4 is 17.0 Å². The number of benzene rings is 1. The summed E-state index contributed by atoms with van der Waals surface area (Å²) >= 11 is 5.64. The van der Waals surface area contributed by atoms with E-state index in [1.54, 1.807) is 6.07 Å². The Kier molecular flexibility index (Phi) is 3.62. The molecule has 0 saturated heterocycles. The standard InChI is InChI=1S/C12H10ClN3O4/c13-7-5-16(12(20)15-10(7)17)4-6-2-1-3-8(14)9(6)11(18)19/h1-3,5H,4,14H2,(H,18,19)(H,15,17,20). The fourth-order valence-corrected chi connectivity index (χ4v) is 1.96. The number of aromatic nitrogens is 2. The Hall–Kier alpha value is -2.54. The number of carbonyl (C=O) groups is 1. The highest BCUT2D eigenvalue weighted by Crippen LogP contribution is 2.17. The monoisotopic (exact) mass is 295 g/mol. The van der Waals surface area contributed by atoms with Crippen LogP contribution >= 0.6 is 11.6 Å². The van der Waals surface area contributed by atoms with Crippen LogP contribution in [-0.2, 0) is 6.54 Å². The smallest absolute Gasteiger partial charge is 0.338 e. The minimum Gasteiger partial charge on any atom is -0.478 e. The van der Waals surface area contributed by atoms with E-state index in [2.05, 4.69) is 0 Å². The molecule has 0 saturated carbocycles. The van der Waals surface area contributed by atoms with E-state index in [4.69, 9.17) is 22.4 Å². The molecule has 0 bridgehead atoms. The number of rotatable bonds is 3. The first-order valence-electron chi connectivity index (χ1n) is 5.50. The van der Waals surface area contributed by atoms with Gasteiger partial charge in [0.1, 0.15) is 5.02 Å². The molecule has 0 aliphatic rings. The lowest BCUT2D eigenvalue weighted by atomic mass is 10.1. The number of nitrogens with two attached hydrogens (primary N) is 1. The second-order valence-electron chi connectivity index (χ2n) is 4.05. The summed E-state index contributed by atoms with van der Waals surface area (Å²) in [4.78, 5) is 36.0. The molecule has 20 heavy (non-hydrogen) atoms. The van der Waals surface area contributed by atoms with E-state index in [0.29, 0.717) is 5.56 Å². The van der Waals surface area contributed by atoms with E-state index in [1.807, 2.05) is 4.98 Å². The summed E-state index contributed by atoms with van der Waals surface area (Å²) in [7, 11) is 0. The molecule has 1 aromatic carbocycles. The lowest BCUT2D eigenvalue weighted by Crippen LogP contribution is -2.30.